The molecule has 2 aromatic heterocycles. The molecule has 2 aromatic carbocycles. The highest BCUT2D eigenvalue weighted by atomic mass is 19.4. The number of ether oxygens (including phenoxy) is 2. The van der Waals surface area contributed by atoms with E-state index < -0.39 is 43.4 Å². The van der Waals surface area contributed by atoms with Gasteiger partial charge in [-0.05, 0) is 30.3 Å². The standard InChI is InChI=1S/C25H25F4N7O4.C2HF3O2/c1-35-19-5-3-2-4-17(19)32-22(35)13-30-24(38)18-14-36(34-33-18)20-7-6-16(23(37)31-15-25(27,28)29)12-21(20)40-11-10-39-9-8-26;3-2(4,5)1(6)7/h2-7,12,14H,8-11,13,15H2,1H3,(H,30,38)(H,31,37);(H,6,7). The van der Waals surface area contributed by atoms with Gasteiger partial charge in [0.05, 0.1) is 37.0 Å². The maximum Gasteiger partial charge on any atom is 0.490 e. The summed E-state index contributed by atoms with van der Waals surface area (Å²) in [6.07, 6.45) is -8.33. The molecule has 254 valence electrons. The van der Waals surface area contributed by atoms with Crippen LogP contribution in [0, 0.1) is 0 Å². The summed E-state index contributed by atoms with van der Waals surface area (Å²) < 4.78 is 95.3. The molecule has 13 nitrogen and oxygen atoms in total. The summed E-state index contributed by atoms with van der Waals surface area (Å²) in [4.78, 5) is 38.4. The molecule has 0 spiro atoms. The van der Waals surface area contributed by atoms with Gasteiger partial charge in [-0.3, -0.25) is 9.59 Å². The molecule has 0 fully saturated rings. The molecule has 47 heavy (non-hydrogen) atoms. The molecule has 0 saturated heterocycles. The number of carboxylic acids is 1. The fourth-order valence-electron chi connectivity index (χ4n) is 3.70. The van der Waals surface area contributed by atoms with Crippen LogP contribution in [0.25, 0.3) is 16.7 Å². The first-order valence-electron chi connectivity index (χ1n) is 13.3. The molecular weight excluding hydrogens is 651 g/mol. The smallest absolute Gasteiger partial charge is 0.489 e. The van der Waals surface area contributed by atoms with Crippen LogP contribution in [-0.2, 0) is 23.1 Å². The third-order valence-corrected chi connectivity index (χ3v) is 5.88. The Hall–Kier alpha value is -5.27. The number of aliphatic carboxylic acids is 1. The highest BCUT2D eigenvalue weighted by Crippen LogP contribution is 2.25. The Labute approximate surface area is 260 Å². The van der Waals surface area contributed by atoms with Crippen molar-refractivity contribution in [1.82, 2.24) is 35.2 Å². The lowest BCUT2D eigenvalue weighted by molar-refractivity contribution is -0.192. The minimum absolute atomic E-state index is 0.0150. The predicted molar refractivity (Wildman–Crippen MR) is 148 cm³/mol. The van der Waals surface area contributed by atoms with E-state index in [1.807, 2.05) is 35.9 Å². The normalized spacial score (nSPS) is 11.5. The molecule has 2 heterocycles. The molecule has 4 aromatic rings. The molecule has 2 amide bonds. The summed E-state index contributed by atoms with van der Waals surface area (Å²) in [6, 6.07) is 11.4. The van der Waals surface area contributed by atoms with Gasteiger partial charge in [0.15, 0.2) is 5.69 Å². The molecule has 0 bridgehead atoms. The molecule has 0 radical (unpaired) electrons. The Morgan fingerprint density at radius 1 is 0.957 bits per heavy atom. The quantitative estimate of drug-likeness (QED) is 0.151. The Bertz CT molecular complexity index is 1690. The van der Waals surface area contributed by atoms with E-state index in [0.717, 1.165) is 11.0 Å². The van der Waals surface area contributed by atoms with E-state index in [-0.39, 0.29) is 49.1 Å². The van der Waals surface area contributed by atoms with Crippen LogP contribution in [0.3, 0.4) is 0 Å². The van der Waals surface area contributed by atoms with Crippen molar-refractivity contribution in [2.24, 2.45) is 7.05 Å². The molecule has 3 N–H and O–H groups in total. The zero-order valence-electron chi connectivity index (χ0n) is 24.2. The van der Waals surface area contributed by atoms with E-state index in [2.05, 4.69) is 20.6 Å². The van der Waals surface area contributed by atoms with E-state index in [1.165, 1.54) is 29.1 Å². The molecule has 0 unspecified atom stereocenters. The van der Waals surface area contributed by atoms with E-state index in [0.29, 0.717) is 5.82 Å². The third kappa shape index (κ3) is 10.7. The number of halogens is 7. The highest BCUT2D eigenvalue weighted by molar-refractivity contribution is 5.95. The number of alkyl halides is 7. The van der Waals surface area contributed by atoms with Crippen molar-refractivity contribution in [2.45, 2.75) is 18.9 Å². The number of amides is 2. The summed E-state index contributed by atoms with van der Waals surface area (Å²) in [5.74, 6) is -3.56. The van der Waals surface area contributed by atoms with Gasteiger partial charge in [0.1, 0.15) is 37.1 Å². The van der Waals surface area contributed by atoms with Crippen molar-refractivity contribution in [1.29, 1.82) is 0 Å². The highest BCUT2D eigenvalue weighted by Gasteiger charge is 2.38. The van der Waals surface area contributed by atoms with E-state index in [4.69, 9.17) is 19.4 Å². The van der Waals surface area contributed by atoms with Crippen molar-refractivity contribution in [3.8, 4) is 11.4 Å². The lowest BCUT2D eigenvalue weighted by Gasteiger charge is -2.14. The monoisotopic (exact) mass is 677 g/mol. The molecule has 0 saturated carbocycles. The van der Waals surface area contributed by atoms with Crippen molar-refractivity contribution < 1.29 is 59.7 Å². The van der Waals surface area contributed by atoms with Gasteiger partial charge in [0, 0.05) is 12.6 Å². The Kier molecular flexibility index (Phi) is 12.2. The Morgan fingerprint density at radius 2 is 1.66 bits per heavy atom. The van der Waals surface area contributed by atoms with E-state index in [1.54, 1.807) is 5.32 Å². The first-order valence-corrected chi connectivity index (χ1v) is 13.3. The summed E-state index contributed by atoms with van der Waals surface area (Å²) in [7, 11) is 1.84. The van der Waals surface area contributed by atoms with Crippen molar-refractivity contribution in [3.63, 3.8) is 0 Å². The second-order valence-electron chi connectivity index (χ2n) is 9.24. The van der Waals surface area contributed by atoms with Crippen LogP contribution in [0.15, 0.2) is 48.7 Å². The summed E-state index contributed by atoms with van der Waals surface area (Å²) in [6.45, 7) is -2.23. The number of nitrogens with zero attached hydrogens (tertiary/aromatic N) is 5. The lowest BCUT2D eigenvalue weighted by Crippen LogP contribution is -2.33. The molecule has 20 heteroatoms. The summed E-state index contributed by atoms with van der Waals surface area (Å²) in [5, 5.41) is 19.5. The van der Waals surface area contributed by atoms with E-state index in [9.17, 15) is 40.3 Å². The number of imidazole rings is 1. The number of nitrogens with one attached hydrogen (secondary N) is 2. The van der Waals surface area contributed by atoms with Crippen LogP contribution >= 0.6 is 0 Å². The largest absolute Gasteiger partial charge is 0.490 e. The van der Waals surface area contributed by atoms with Crippen LogP contribution < -0.4 is 15.4 Å². The second kappa shape index (κ2) is 15.8. The summed E-state index contributed by atoms with van der Waals surface area (Å²) >= 11 is 0. The van der Waals surface area contributed by atoms with Gasteiger partial charge in [-0.15, -0.1) is 5.10 Å². The number of carbonyl (C=O) groups is 3. The number of aromatic nitrogens is 5. The number of fused-ring (bicyclic) bond motifs is 1. The average Bonchev–Trinajstić information content (AvgIpc) is 3.63. The van der Waals surface area contributed by atoms with Gasteiger partial charge >= 0.3 is 18.3 Å². The van der Waals surface area contributed by atoms with E-state index >= 15 is 0 Å². The maximum absolute atomic E-state index is 12.8. The number of para-hydroxylation sites is 2. The topological polar surface area (TPSA) is 162 Å². The van der Waals surface area contributed by atoms with Crippen molar-refractivity contribution in [3.05, 3.63) is 65.7 Å². The Balaban J connectivity index is 0.000000771. The van der Waals surface area contributed by atoms with Crippen LogP contribution in [0.5, 0.6) is 5.75 Å². The van der Waals surface area contributed by atoms with Gasteiger partial charge in [0.2, 0.25) is 0 Å². The Morgan fingerprint density at radius 3 is 2.30 bits per heavy atom. The second-order valence-corrected chi connectivity index (χ2v) is 9.24. The lowest BCUT2D eigenvalue weighted by atomic mass is 10.1. The van der Waals surface area contributed by atoms with Crippen LogP contribution in [0.2, 0.25) is 0 Å². The SMILES string of the molecule is Cn1c(CNC(=O)c2cn(-c3ccc(C(=O)NCC(F)(F)F)cc3OCCOCCF)nn2)nc2ccccc21.O=C(O)C(F)(F)F. The van der Waals surface area contributed by atoms with Gasteiger partial charge in [-0.25, -0.2) is 18.9 Å². The number of aryl methyl sites for hydroxylation is 1. The van der Waals surface area contributed by atoms with Crippen LogP contribution in [0.4, 0.5) is 30.7 Å². The zero-order chi connectivity index (χ0) is 34.8. The maximum atomic E-state index is 12.8. The predicted octanol–water partition coefficient (Wildman–Crippen LogP) is 3.37. The van der Waals surface area contributed by atoms with Crippen molar-refractivity contribution in [2.75, 3.05) is 33.0 Å². The van der Waals surface area contributed by atoms with Gasteiger partial charge in [-0.2, -0.15) is 26.3 Å². The molecular formula is C27H26F7N7O6. The number of carbonyl (C=O) groups excluding carboxylic acids is 2. The fourth-order valence-corrected chi connectivity index (χ4v) is 3.70. The van der Waals surface area contributed by atoms with Crippen LogP contribution in [-0.4, -0.2) is 92.8 Å². The van der Waals surface area contributed by atoms with Gasteiger partial charge in [-0.1, -0.05) is 17.3 Å². The minimum Gasteiger partial charge on any atom is -0.489 e. The number of carboxylic acid groups (broad SMARTS) is 1. The molecule has 0 aliphatic carbocycles. The van der Waals surface area contributed by atoms with Crippen LogP contribution in [0.1, 0.15) is 26.7 Å². The zero-order valence-corrected chi connectivity index (χ0v) is 24.2. The molecule has 0 aliphatic rings. The minimum atomic E-state index is -5.08. The number of hydrogen-bond donors (Lipinski definition) is 3. The molecule has 4 rings (SSSR count). The van der Waals surface area contributed by atoms with Gasteiger partial charge < -0.3 is 29.8 Å². The first-order chi connectivity index (χ1) is 22.1. The molecule has 0 atom stereocenters. The van der Waals surface area contributed by atoms with Crippen molar-refractivity contribution >= 4 is 28.8 Å². The summed E-state index contributed by atoms with van der Waals surface area (Å²) in [5.41, 5.74) is 1.82. The van der Waals surface area contributed by atoms with Gasteiger partial charge in [0.25, 0.3) is 11.8 Å². The third-order valence-electron chi connectivity index (χ3n) is 5.88. The number of benzene rings is 2. The molecule has 0 aliphatic heterocycles. The fraction of sp³-hybridized carbons (Fsp3) is 0.333. The average molecular weight is 678 g/mol. The first kappa shape index (κ1) is 36.2. The number of rotatable bonds is 12. The number of hydrogen-bond acceptors (Lipinski definition) is 8.